The van der Waals surface area contributed by atoms with Gasteiger partial charge in [-0.25, -0.2) is 4.99 Å². The summed E-state index contributed by atoms with van der Waals surface area (Å²) in [6, 6.07) is 0. The normalized spacial score (nSPS) is 12.6. The van der Waals surface area contributed by atoms with Crippen molar-refractivity contribution in [2.24, 2.45) is 16.5 Å². The predicted octanol–water partition coefficient (Wildman–Crippen LogP) is 1.95. The molecule has 7 heteroatoms. The molecule has 0 aliphatic heterocycles. The molecule has 0 heterocycles. The summed E-state index contributed by atoms with van der Waals surface area (Å²) in [4.78, 5) is 15.6. The number of allylic oxidation sites excluding steroid dienone is 2. The van der Waals surface area contributed by atoms with Crippen LogP contribution in [0.15, 0.2) is 49.8 Å². The molecule has 0 rings (SSSR count). The van der Waals surface area contributed by atoms with Crippen LogP contribution in [0.5, 0.6) is 0 Å². The topological polar surface area (TPSA) is 93.5 Å². The highest BCUT2D eigenvalue weighted by Crippen LogP contribution is 2.13. The molecule has 0 aromatic carbocycles. The lowest BCUT2D eigenvalue weighted by Gasteiger charge is -2.05. The SMILES string of the molecule is C=C(I)/C=N\C(=C/N)C(=O)NC(=C)S/C=C(/C)N. The fourth-order valence-electron chi connectivity index (χ4n) is 0.701. The van der Waals surface area contributed by atoms with Gasteiger partial charge in [-0.3, -0.25) is 4.79 Å². The molecule has 0 unspecified atom stereocenters. The first-order valence-corrected chi connectivity index (χ1v) is 6.72. The third-order valence-corrected chi connectivity index (χ3v) is 2.53. The van der Waals surface area contributed by atoms with E-state index in [1.165, 1.54) is 18.0 Å². The van der Waals surface area contributed by atoms with Gasteiger partial charge in [-0.05, 0) is 34.9 Å². The predicted molar refractivity (Wildman–Crippen MR) is 86.7 cm³/mol. The molecule has 5 nitrogen and oxygen atoms in total. The average molecular weight is 378 g/mol. The van der Waals surface area contributed by atoms with E-state index in [2.05, 4.69) is 23.5 Å². The van der Waals surface area contributed by atoms with Gasteiger partial charge in [0.2, 0.25) is 0 Å². The Bertz CT molecular complexity index is 436. The maximum absolute atomic E-state index is 11.7. The van der Waals surface area contributed by atoms with E-state index in [0.717, 1.165) is 6.20 Å². The Morgan fingerprint density at radius 1 is 1.50 bits per heavy atom. The molecule has 5 N–H and O–H groups in total. The minimum absolute atomic E-state index is 0.0861. The van der Waals surface area contributed by atoms with E-state index < -0.39 is 5.91 Å². The first kappa shape index (κ1) is 16.8. The Labute approximate surface area is 124 Å². The summed E-state index contributed by atoms with van der Waals surface area (Å²) in [6.45, 7) is 9.03. The molecule has 0 fully saturated rings. The van der Waals surface area contributed by atoms with Crippen LogP contribution >= 0.6 is 34.4 Å². The molecule has 18 heavy (non-hydrogen) atoms. The Balaban J connectivity index is 4.51. The zero-order valence-corrected chi connectivity index (χ0v) is 12.9. The quantitative estimate of drug-likeness (QED) is 0.374. The zero-order valence-electron chi connectivity index (χ0n) is 9.94. The standard InChI is InChI=1S/C11H15IN4OS/c1-7(12)5-15-10(4-13)11(17)16-9(3)18-6-8(2)14/h4-6H,1,3,13-14H2,2H3,(H,16,17)/b8-6-,10-4-,15-5-. The van der Waals surface area contributed by atoms with Crippen molar-refractivity contribution in [3.63, 3.8) is 0 Å². The van der Waals surface area contributed by atoms with Gasteiger partial charge in [-0.2, -0.15) is 0 Å². The molecule has 0 aliphatic rings. The number of nitrogens with one attached hydrogen (secondary N) is 1. The molecule has 0 spiro atoms. The molecule has 0 bridgehead atoms. The lowest BCUT2D eigenvalue weighted by atomic mass is 10.4. The van der Waals surface area contributed by atoms with Crippen molar-refractivity contribution in [3.8, 4) is 0 Å². The molecule has 0 aromatic heterocycles. The van der Waals surface area contributed by atoms with E-state index in [-0.39, 0.29) is 5.70 Å². The van der Waals surface area contributed by atoms with Gasteiger partial charge in [0.15, 0.2) is 0 Å². The van der Waals surface area contributed by atoms with Crippen LogP contribution in [0.1, 0.15) is 6.92 Å². The number of thioether (sulfide) groups is 1. The maximum atomic E-state index is 11.7. The van der Waals surface area contributed by atoms with Gasteiger partial charge in [0.1, 0.15) is 5.70 Å². The highest BCUT2D eigenvalue weighted by Gasteiger charge is 2.08. The fraction of sp³-hybridized carbons (Fsp3) is 0.0909. The first-order chi connectivity index (χ1) is 8.36. The van der Waals surface area contributed by atoms with E-state index in [4.69, 9.17) is 11.5 Å². The Morgan fingerprint density at radius 2 is 2.11 bits per heavy atom. The third-order valence-electron chi connectivity index (χ3n) is 1.37. The van der Waals surface area contributed by atoms with E-state index in [1.54, 1.807) is 12.3 Å². The van der Waals surface area contributed by atoms with Crippen molar-refractivity contribution in [3.05, 3.63) is 44.8 Å². The van der Waals surface area contributed by atoms with Crippen molar-refractivity contribution >= 4 is 46.5 Å². The van der Waals surface area contributed by atoms with Crippen molar-refractivity contribution in [2.45, 2.75) is 6.92 Å². The summed E-state index contributed by atoms with van der Waals surface area (Å²) in [6.07, 6.45) is 2.56. The van der Waals surface area contributed by atoms with Gasteiger partial charge in [-0.15, -0.1) is 0 Å². The fourth-order valence-corrected chi connectivity index (χ4v) is 1.32. The second-order valence-electron chi connectivity index (χ2n) is 3.11. The van der Waals surface area contributed by atoms with Gasteiger partial charge < -0.3 is 16.8 Å². The monoisotopic (exact) mass is 378 g/mol. The molecule has 0 aliphatic carbocycles. The molecular formula is C11H15IN4OS. The van der Waals surface area contributed by atoms with Gasteiger partial charge in [0.05, 0.1) is 5.03 Å². The lowest BCUT2D eigenvalue weighted by Crippen LogP contribution is -2.22. The highest BCUT2D eigenvalue weighted by atomic mass is 127. The van der Waals surface area contributed by atoms with Crippen LogP contribution in [0.2, 0.25) is 0 Å². The number of hydrogen-bond acceptors (Lipinski definition) is 5. The van der Waals surface area contributed by atoms with Crippen LogP contribution in [-0.4, -0.2) is 12.1 Å². The van der Waals surface area contributed by atoms with Crippen molar-refractivity contribution in [1.29, 1.82) is 0 Å². The Kier molecular flexibility index (Phi) is 8.21. The molecular weight excluding hydrogens is 363 g/mol. The second kappa shape index (κ2) is 8.81. The number of nitrogens with zero attached hydrogens (tertiary/aromatic N) is 1. The number of amides is 1. The largest absolute Gasteiger partial charge is 0.403 e. The number of carbonyl (C=O) groups excluding carboxylic acids is 1. The van der Waals surface area contributed by atoms with Crippen LogP contribution in [0.4, 0.5) is 0 Å². The molecule has 0 aromatic rings. The van der Waals surface area contributed by atoms with Crippen molar-refractivity contribution in [2.75, 3.05) is 0 Å². The van der Waals surface area contributed by atoms with E-state index >= 15 is 0 Å². The Morgan fingerprint density at radius 3 is 2.56 bits per heavy atom. The molecule has 0 saturated heterocycles. The molecule has 1 amide bonds. The number of aliphatic imine (C=N–C) groups is 1. The molecule has 0 atom stereocenters. The molecule has 98 valence electrons. The van der Waals surface area contributed by atoms with Crippen LogP contribution in [0.25, 0.3) is 0 Å². The number of nitrogens with two attached hydrogens (primary N) is 2. The van der Waals surface area contributed by atoms with Crippen LogP contribution < -0.4 is 16.8 Å². The zero-order chi connectivity index (χ0) is 14.1. The van der Waals surface area contributed by atoms with Crippen LogP contribution in [-0.2, 0) is 4.79 Å². The van der Waals surface area contributed by atoms with Gasteiger partial charge in [0, 0.05) is 21.7 Å². The van der Waals surface area contributed by atoms with Crippen LogP contribution in [0.3, 0.4) is 0 Å². The van der Waals surface area contributed by atoms with E-state index in [9.17, 15) is 4.79 Å². The lowest BCUT2D eigenvalue weighted by molar-refractivity contribution is -0.116. The summed E-state index contributed by atoms with van der Waals surface area (Å²) in [5, 5.41) is 4.65. The number of carbonyl (C=O) groups is 1. The van der Waals surface area contributed by atoms with E-state index in [0.29, 0.717) is 14.3 Å². The molecule has 0 radical (unpaired) electrons. The maximum Gasteiger partial charge on any atom is 0.276 e. The van der Waals surface area contributed by atoms with Crippen LogP contribution in [0, 0.1) is 0 Å². The highest BCUT2D eigenvalue weighted by molar-refractivity contribution is 14.1. The minimum Gasteiger partial charge on any atom is -0.403 e. The second-order valence-corrected chi connectivity index (χ2v) is 5.46. The van der Waals surface area contributed by atoms with Gasteiger partial charge >= 0.3 is 0 Å². The summed E-state index contributed by atoms with van der Waals surface area (Å²) in [5.41, 5.74) is 11.5. The summed E-state index contributed by atoms with van der Waals surface area (Å²) in [5.74, 6) is -0.438. The minimum atomic E-state index is -0.438. The number of halogens is 1. The number of rotatable bonds is 6. The third kappa shape index (κ3) is 7.96. The number of hydrogen-bond donors (Lipinski definition) is 3. The van der Waals surface area contributed by atoms with Gasteiger partial charge in [0.25, 0.3) is 5.91 Å². The Hall–Kier alpha value is -1.22. The van der Waals surface area contributed by atoms with Gasteiger partial charge in [-0.1, -0.05) is 24.9 Å². The first-order valence-electron chi connectivity index (χ1n) is 4.76. The van der Waals surface area contributed by atoms with E-state index in [1.807, 2.05) is 22.6 Å². The van der Waals surface area contributed by atoms with Crippen molar-refractivity contribution < 1.29 is 4.79 Å². The van der Waals surface area contributed by atoms with Crippen molar-refractivity contribution in [1.82, 2.24) is 5.32 Å². The molecule has 0 saturated carbocycles. The smallest absolute Gasteiger partial charge is 0.276 e. The summed E-state index contributed by atoms with van der Waals surface area (Å²) < 4.78 is 0.689. The summed E-state index contributed by atoms with van der Waals surface area (Å²) >= 11 is 3.19. The average Bonchev–Trinajstić information content (AvgIpc) is 2.26. The summed E-state index contributed by atoms with van der Waals surface area (Å²) in [7, 11) is 0.